The van der Waals surface area contributed by atoms with Crippen LogP contribution in [0.2, 0.25) is 0 Å². The van der Waals surface area contributed by atoms with Crippen LogP contribution in [-0.4, -0.2) is 4.31 Å². The Bertz CT molecular complexity index is 480. The average Bonchev–Trinajstić information content (AvgIpc) is 2.80. The minimum Gasteiger partial charge on any atom is -0.661 e. The molecule has 1 heterocycles. The van der Waals surface area contributed by atoms with Crippen LogP contribution in [-0.2, 0) is 19.0 Å². The first-order valence-corrected chi connectivity index (χ1v) is 4.42. The molecule has 0 aliphatic carbocycles. The molecule has 0 saturated carbocycles. The van der Waals surface area contributed by atoms with Crippen LogP contribution in [0.3, 0.4) is 0 Å². The van der Waals surface area contributed by atoms with Crippen LogP contribution in [0.15, 0.2) is 18.3 Å². The van der Waals surface area contributed by atoms with Gasteiger partial charge < -0.3 is 17.1 Å². The summed E-state index contributed by atoms with van der Waals surface area (Å²) in [5, 5.41) is 0. The molecule has 0 N–H and O–H groups in total. The van der Waals surface area contributed by atoms with Gasteiger partial charge in [-0.05, 0) is 12.1 Å². The number of alkyl halides is 3. The van der Waals surface area contributed by atoms with Gasteiger partial charge in [-0.15, -0.1) is 0 Å². The van der Waals surface area contributed by atoms with Crippen LogP contribution in [0.1, 0.15) is 11.1 Å². The number of halogens is 5. The molecule has 7 heteroatoms. The Morgan fingerprint density at radius 1 is 1.12 bits per heavy atom. The minimum atomic E-state index is -4.85. The van der Waals surface area contributed by atoms with E-state index in [-0.39, 0.29) is 5.70 Å². The third-order valence-electron chi connectivity index (χ3n) is 2.06. The van der Waals surface area contributed by atoms with Gasteiger partial charge in [0, 0.05) is 11.9 Å². The molecule has 1 aliphatic rings. The zero-order chi connectivity index (χ0) is 12.1. The first-order chi connectivity index (χ1) is 7.32. The highest BCUT2D eigenvalue weighted by Gasteiger charge is 2.37. The average molecular weight is 252 g/mol. The molecule has 0 spiro atoms. The predicted molar refractivity (Wildman–Crippen MR) is 48.5 cm³/mol. The van der Waals surface area contributed by atoms with Crippen LogP contribution < -0.4 is 0 Å². The zero-order valence-electron chi connectivity index (χ0n) is 7.48. The Morgan fingerprint density at radius 2 is 1.69 bits per heavy atom. The predicted octanol–water partition coefficient (Wildman–Crippen LogP) is 3.06. The van der Waals surface area contributed by atoms with E-state index in [0.717, 1.165) is 10.5 Å². The molecule has 0 bridgehead atoms. The SMILES string of the molecule is Fc1ccc(C(F)(F)F)c(F)c1C1=CN1[S-]. The summed E-state index contributed by atoms with van der Waals surface area (Å²) in [6.45, 7) is 0. The van der Waals surface area contributed by atoms with Crippen molar-refractivity contribution in [3.8, 4) is 0 Å². The van der Waals surface area contributed by atoms with E-state index in [2.05, 4.69) is 12.8 Å². The molecule has 0 atom stereocenters. The summed E-state index contributed by atoms with van der Waals surface area (Å²) < 4.78 is 64.5. The van der Waals surface area contributed by atoms with E-state index in [0.29, 0.717) is 12.1 Å². The van der Waals surface area contributed by atoms with Crippen molar-refractivity contribution in [2.24, 2.45) is 0 Å². The van der Waals surface area contributed by atoms with Crippen LogP contribution in [0.5, 0.6) is 0 Å². The van der Waals surface area contributed by atoms with E-state index in [1.54, 1.807) is 0 Å². The van der Waals surface area contributed by atoms with Gasteiger partial charge in [-0.1, -0.05) is 0 Å². The summed E-state index contributed by atoms with van der Waals surface area (Å²) in [5.41, 5.74) is -2.29. The van der Waals surface area contributed by atoms with Crippen molar-refractivity contribution in [3.63, 3.8) is 0 Å². The Hall–Kier alpha value is -1.24. The van der Waals surface area contributed by atoms with Crippen molar-refractivity contribution in [2.45, 2.75) is 6.18 Å². The lowest BCUT2D eigenvalue weighted by atomic mass is 10.1. The molecule has 0 unspecified atom stereocenters. The molecule has 1 nitrogen and oxygen atoms in total. The maximum atomic E-state index is 13.4. The molecule has 16 heavy (non-hydrogen) atoms. The number of rotatable bonds is 1. The van der Waals surface area contributed by atoms with Gasteiger partial charge >= 0.3 is 6.18 Å². The van der Waals surface area contributed by atoms with Gasteiger partial charge in [0.05, 0.1) is 11.1 Å². The van der Waals surface area contributed by atoms with Crippen molar-refractivity contribution in [1.29, 1.82) is 0 Å². The van der Waals surface area contributed by atoms with E-state index < -0.39 is 28.9 Å². The minimum absolute atomic E-state index is 0.0592. The van der Waals surface area contributed by atoms with Crippen LogP contribution in [0.25, 0.3) is 5.70 Å². The van der Waals surface area contributed by atoms with E-state index in [1.165, 1.54) is 0 Å². The smallest absolute Gasteiger partial charge is 0.419 e. The second-order valence-electron chi connectivity index (χ2n) is 3.12. The third kappa shape index (κ3) is 1.75. The standard InChI is InChI=1S/C9H3F5NS/c10-5-2-1-4(9(12,13)14)8(11)7(5)6-3-15(6)16/h1-3H/q-1. The lowest BCUT2D eigenvalue weighted by Crippen LogP contribution is -2.10. The second-order valence-corrected chi connectivity index (χ2v) is 3.52. The van der Waals surface area contributed by atoms with Crippen LogP contribution >= 0.6 is 0 Å². The van der Waals surface area contributed by atoms with Gasteiger partial charge in [-0.3, -0.25) is 0 Å². The fraction of sp³-hybridized carbons (Fsp3) is 0.111. The van der Waals surface area contributed by atoms with Gasteiger partial charge in [0.2, 0.25) is 0 Å². The lowest BCUT2D eigenvalue weighted by molar-refractivity contribution is -0.140. The summed E-state index contributed by atoms with van der Waals surface area (Å²) in [6.07, 6.45) is -3.69. The molecule has 1 aliphatic heterocycles. The Labute approximate surface area is 92.7 Å². The Balaban J connectivity index is 2.57. The van der Waals surface area contributed by atoms with Crippen molar-refractivity contribution in [1.82, 2.24) is 4.31 Å². The number of hydrogen-bond acceptors (Lipinski definition) is 2. The van der Waals surface area contributed by atoms with Gasteiger partial charge in [-0.25, -0.2) is 8.78 Å². The quantitative estimate of drug-likeness (QED) is 0.558. The Kier molecular flexibility index (Phi) is 2.37. The molecule has 2 rings (SSSR count). The van der Waals surface area contributed by atoms with Gasteiger partial charge in [-0.2, -0.15) is 13.2 Å². The van der Waals surface area contributed by atoms with E-state index in [1.807, 2.05) is 0 Å². The van der Waals surface area contributed by atoms with E-state index >= 15 is 0 Å². The van der Waals surface area contributed by atoms with E-state index in [9.17, 15) is 22.0 Å². The van der Waals surface area contributed by atoms with Crippen molar-refractivity contribution in [2.75, 3.05) is 0 Å². The number of nitrogens with zero attached hydrogens (tertiary/aromatic N) is 1. The van der Waals surface area contributed by atoms with Gasteiger partial charge in [0.15, 0.2) is 0 Å². The summed E-state index contributed by atoms with van der Waals surface area (Å²) in [6, 6.07) is 0.939. The molecule has 0 radical (unpaired) electrons. The zero-order valence-corrected chi connectivity index (χ0v) is 8.29. The Morgan fingerprint density at radius 3 is 2.12 bits per heavy atom. The highest BCUT2D eigenvalue weighted by atomic mass is 32.1. The fourth-order valence-electron chi connectivity index (χ4n) is 1.26. The van der Waals surface area contributed by atoms with E-state index in [4.69, 9.17) is 0 Å². The van der Waals surface area contributed by atoms with Crippen molar-refractivity contribution in [3.05, 3.63) is 41.1 Å². The highest BCUT2D eigenvalue weighted by Crippen LogP contribution is 2.39. The summed E-state index contributed by atoms with van der Waals surface area (Å²) in [4.78, 5) is 0. The molecule has 1 aromatic carbocycles. The molecular formula is C9H3F5NS-. The van der Waals surface area contributed by atoms with Crippen molar-refractivity contribution < 1.29 is 22.0 Å². The molecule has 0 amide bonds. The largest absolute Gasteiger partial charge is 0.661 e. The molecule has 0 aromatic heterocycles. The highest BCUT2D eigenvalue weighted by molar-refractivity contribution is 7.57. The fourth-order valence-corrected chi connectivity index (χ4v) is 1.45. The molecular weight excluding hydrogens is 249 g/mol. The summed E-state index contributed by atoms with van der Waals surface area (Å²) in [5.74, 6) is -2.70. The van der Waals surface area contributed by atoms with Gasteiger partial charge in [0.25, 0.3) is 0 Å². The number of hydrogen-bond donors (Lipinski definition) is 0. The molecule has 1 aromatic rings. The van der Waals surface area contributed by atoms with Crippen LogP contribution in [0.4, 0.5) is 22.0 Å². The van der Waals surface area contributed by atoms with Crippen LogP contribution in [0, 0.1) is 11.6 Å². The lowest BCUT2D eigenvalue weighted by Gasteiger charge is -2.14. The topological polar surface area (TPSA) is 3.01 Å². The molecule has 0 fully saturated rings. The molecule has 0 saturated heterocycles. The van der Waals surface area contributed by atoms with Gasteiger partial charge in [0.1, 0.15) is 11.6 Å². The van der Waals surface area contributed by atoms with Crippen molar-refractivity contribution >= 4 is 18.5 Å². The summed E-state index contributed by atoms with van der Waals surface area (Å²) >= 11 is 4.52. The monoisotopic (exact) mass is 252 g/mol. The normalized spacial score (nSPS) is 15.1. The maximum absolute atomic E-state index is 13.4. The number of benzene rings is 1. The first kappa shape index (κ1) is 11.3. The molecule has 86 valence electrons. The summed E-state index contributed by atoms with van der Waals surface area (Å²) in [7, 11) is 0. The maximum Gasteiger partial charge on any atom is 0.419 e. The first-order valence-electron chi connectivity index (χ1n) is 4.06. The second kappa shape index (κ2) is 3.38. The third-order valence-corrected chi connectivity index (χ3v) is 2.36.